The van der Waals surface area contributed by atoms with Crippen LogP contribution in [0.2, 0.25) is 0 Å². The lowest BCUT2D eigenvalue weighted by Gasteiger charge is -2.36. The summed E-state index contributed by atoms with van der Waals surface area (Å²) in [4.78, 5) is 10.7. The molecule has 2 aliphatic rings. The maximum Gasteiger partial charge on any atom is 0.246 e. The zero-order valence-corrected chi connectivity index (χ0v) is 12.8. The number of nitrogens with two attached hydrogens (primary N) is 1. The van der Waals surface area contributed by atoms with Crippen molar-refractivity contribution in [3.63, 3.8) is 0 Å². The van der Waals surface area contributed by atoms with Crippen LogP contribution in [0.4, 0.5) is 0 Å². The molecule has 6 nitrogen and oxygen atoms in total. The highest BCUT2D eigenvalue weighted by Gasteiger charge is 2.38. The second-order valence-electron chi connectivity index (χ2n) is 5.92. The molecule has 0 fully saturated rings. The first-order valence-corrected chi connectivity index (χ1v) is 7.61. The first-order chi connectivity index (χ1) is 11.1. The minimum atomic E-state index is -0.473. The van der Waals surface area contributed by atoms with Gasteiger partial charge in [-0.05, 0) is 18.1 Å². The van der Waals surface area contributed by atoms with Crippen molar-refractivity contribution in [2.24, 2.45) is 10.7 Å². The summed E-state index contributed by atoms with van der Waals surface area (Å²) in [5.41, 5.74) is 9.88. The predicted molar refractivity (Wildman–Crippen MR) is 86.3 cm³/mol. The molecule has 2 aromatic rings. The van der Waals surface area contributed by atoms with E-state index in [1.165, 1.54) is 11.8 Å². The molecule has 1 aliphatic carbocycles. The summed E-state index contributed by atoms with van der Waals surface area (Å²) in [6.07, 6.45) is 3.27. The molecule has 0 spiro atoms. The number of aliphatic hydroxyl groups excluding tert-OH is 1. The van der Waals surface area contributed by atoms with E-state index in [9.17, 15) is 5.11 Å². The summed E-state index contributed by atoms with van der Waals surface area (Å²) in [5.74, 6) is 0.927. The van der Waals surface area contributed by atoms with Crippen molar-refractivity contribution in [2.75, 3.05) is 6.54 Å². The van der Waals surface area contributed by atoms with Crippen LogP contribution >= 0.6 is 0 Å². The molecule has 1 aliphatic heterocycles. The summed E-state index contributed by atoms with van der Waals surface area (Å²) in [6.45, 7) is 2.44. The van der Waals surface area contributed by atoms with Crippen LogP contribution in [0.15, 0.2) is 51.8 Å². The highest BCUT2D eigenvalue weighted by molar-refractivity contribution is 5.90. The normalized spacial score (nSPS) is 23.9. The van der Waals surface area contributed by atoms with E-state index in [1.54, 1.807) is 6.20 Å². The zero-order valence-electron chi connectivity index (χ0n) is 12.8. The molecule has 1 aromatic carbocycles. The van der Waals surface area contributed by atoms with Crippen LogP contribution in [0.1, 0.15) is 30.0 Å². The van der Waals surface area contributed by atoms with Crippen molar-refractivity contribution in [3.8, 4) is 0 Å². The van der Waals surface area contributed by atoms with E-state index in [1.807, 2.05) is 19.1 Å². The number of aromatic nitrogens is 1. The highest BCUT2D eigenvalue weighted by Crippen LogP contribution is 2.40. The minimum absolute atomic E-state index is 0.134. The Bertz CT molecular complexity index is 795. The monoisotopic (exact) mass is 310 g/mol. The number of rotatable bonds is 2. The van der Waals surface area contributed by atoms with Crippen molar-refractivity contribution >= 4 is 11.5 Å². The third-order valence-corrected chi connectivity index (χ3v) is 4.50. The van der Waals surface area contributed by atoms with Gasteiger partial charge in [-0.25, -0.2) is 9.98 Å². The number of hydrogen-bond donors (Lipinski definition) is 2. The molecule has 6 heteroatoms. The van der Waals surface area contributed by atoms with E-state index < -0.39 is 6.10 Å². The molecule has 0 saturated carbocycles. The Balaban J connectivity index is 1.79. The van der Waals surface area contributed by atoms with E-state index in [-0.39, 0.29) is 6.04 Å². The van der Waals surface area contributed by atoms with Gasteiger partial charge in [0.05, 0.1) is 24.9 Å². The van der Waals surface area contributed by atoms with Crippen molar-refractivity contribution in [3.05, 3.63) is 59.4 Å². The number of amidine groups is 1. The van der Waals surface area contributed by atoms with Gasteiger partial charge in [-0.3, -0.25) is 0 Å². The van der Waals surface area contributed by atoms with Gasteiger partial charge in [0.25, 0.3) is 0 Å². The Morgan fingerprint density at radius 2 is 2.17 bits per heavy atom. The molecule has 2 atom stereocenters. The Morgan fingerprint density at radius 3 is 2.96 bits per heavy atom. The Hall–Kier alpha value is -2.60. The third kappa shape index (κ3) is 2.22. The number of nitrogens with zero attached hydrogens (tertiary/aromatic N) is 3. The molecular weight excluding hydrogens is 292 g/mol. The van der Waals surface area contributed by atoms with Crippen LogP contribution in [0.5, 0.6) is 0 Å². The second-order valence-corrected chi connectivity index (χ2v) is 5.92. The van der Waals surface area contributed by atoms with Gasteiger partial charge < -0.3 is 20.2 Å². The maximum atomic E-state index is 10.6. The Labute approximate surface area is 134 Å². The van der Waals surface area contributed by atoms with Gasteiger partial charge in [0, 0.05) is 12.1 Å². The largest absolute Gasteiger partial charge is 0.443 e. The fourth-order valence-electron chi connectivity index (χ4n) is 3.47. The second kappa shape index (κ2) is 5.24. The first-order valence-electron chi connectivity index (χ1n) is 7.61. The van der Waals surface area contributed by atoms with E-state index in [0.717, 1.165) is 11.3 Å². The number of oxazole rings is 1. The number of aliphatic imine (C=N–C) groups is 1. The summed E-state index contributed by atoms with van der Waals surface area (Å²) in [5, 5.41) is 10.6. The molecule has 3 N–H and O–H groups in total. The molecule has 23 heavy (non-hydrogen) atoms. The summed E-state index contributed by atoms with van der Waals surface area (Å²) in [6, 6.07) is 8.00. The molecule has 0 amide bonds. The molecule has 118 valence electrons. The number of fused-ring (bicyclic) bond motifs is 1. The third-order valence-electron chi connectivity index (χ3n) is 4.50. The zero-order chi connectivity index (χ0) is 16.0. The standard InChI is InChI=1S/C17H18N4O2/c1-10-15(17-19-6-7-23-17)20-14(18)9-21(10)16-12-5-3-2-4-11(12)8-13(16)22/h2-7,13,16,22H,8-9H2,1H3,(H2,18,20)/t13-,16-/m0/s1. The van der Waals surface area contributed by atoms with Crippen LogP contribution in [0.25, 0.3) is 5.70 Å². The Morgan fingerprint density at radius 1 is 1.35 bits per heavy atom. The predicted octanol–water partition coefficient (Wildman–Crippen LogP) is 1.69. The quantitative estimate of drug-likeness (QED) is 0.881. The summed E-state index contributed by atoms with van der Waals surface area (Å²) in [7, 11) is 0. The number of allylic oxidation sites excluding steroid dienone is 1. The molecule has 0 unspecified atom stereocenters. The smallest absolute Gasteiger partial charge is 0.246 e. The van der Waals surface area contributed by atoms with Crippen molar-refractivity contribution < 1.29 is 9.52 Å². The van der Waals surface area contributed by atoms with Crippen LogP contribution in [-0.2, 0) is 6.42 Å². The summed E-state index contributed by atoms with van der Waals surface area (Å²) < 4.78 is 5.38. The van der Waals surface area contributed by atoms with E-state index in [4.69, 9.17) is 10.2 Å². The lowest BCUT2D eigenvalue weighted by Crippen LogP contribution is -2.41. The van der Waals surface area contributed by atoms with Gasteiger partial charge in [0.2, 0.25) is 5.89 Å². The molecule has 0 radical (unpaired) electrons. The Kier molecular flexibility index (Phi) is 3.20. The van der Waals surface area contributed by atoms with E-state index in [0.29, 0.717) is 30.4 Å². The number of hydrogen-bond acceptors (Lipinski definition) is 6. The van der Waals surface area contributed by atoms with Gasteiger partial charge in [-0.1, -0.05) is 24.3 Å². The molecular formula is C17H18N4O2. The van der Waals surface area contributed by atoms with Crippen molar-refractivity contribution in [2.45, 2.75) is 25.5 Å². The molecule has 1 aromatic heterocycles. The number of aliphatic hydroxyl groups is 1. The molecule has 0 bridgehead atoms. The highest BCUT2D eigenvalue weighted by atomic mass is 16.3. The van der Waals surface area contributed by atoms with Gasteiger partial charge in [-0.2, -0.15) is 0 Å². The molecule has 4 rings (SSSR count). The van der Waals surface area contributed by atoms with Gasteiger partial charge >= 0.3 is 0 Å². The van der Waals surface area contributed by atoms with Gasteiger partial charge in [-0.15, -0.1) is 0 Å². The fourth-order valence-corrected chi connectivity index (χ4v) is 3.47. The van der Waals surface area contributed by atoms with Gasteiger partial charge in [0.1, 0.15) is 17.8 Å². The van der Waals surface area contributed by atoms with Crippen LogP contribution in [0.3, 0.4) is 0 Å². The molecule has 2 heterocycles. The number of benzene rings is 1. The minimum Gasteiger partial charge on any atom is -0.443 e. The molecule has 0 saturated heterocycles. The SMILES string of the molecule is CC1=C(c2ncco2)N=C(N)CN1[C@H]1c2ccccc2C[C@@H]1O. The topological polar surface area (TPSA) is 87.9 Å². The average molecular weight is 310 g/mol. The first kappa shape index (κ1) is 14.0. The van der Waals surface area contributed by atoms with Gasteiger partial charge in [0.15, 0.2) is 0 Å². The van der Waals surface area contributed by atoms with E-state index >= 15 is 0 Å². The maximum absolute atomic E-state index is 10.6. The fraction of sp³-hybridized carbons (Fsp3) is 0.294. The average Bonchev–Trinajstić information content (AvgIpc) is 3.16. The lowest BCUT2D eigenvalue weighted by molar-refractivity contribution is 0.0879. The van der Waals surface area contributed by atoms with E-state index in [2.05, 4.69) is 27.0 Å². The van der Waals surface area contributed by atoms with Crippen molar-refractivity contribution in [1.82, 2.24) is 9.88 Å². The van der Waals surface area contributed by atoms with Crippen LogP contribution < -0.4 is 5.73 Å². The van der Waals surface area contributed by atoms with Crippen LogP contribution in [-0.4, -0.2) is 33.5 Å². The lowest BCUT2D eigenvalue weighted by atomic mass is 10.0. The van der Waals surface area contributed by atoms with Crippen molar-refractivity contribution in [1.29, 1.82) is 0 Å². The van der Waals surface area contributed by atoms with Crippen LogP contribution in [0, 0.1) is 0 Å². The summed E-state index contributed by atoms with van der Waals surface area (Å²) >= 11 is 0.